The van der Waals surface area contributed by atoms with E-state index in [1.807, 2.05) is 0 Å². The summed E-state index contributed by atoms with van der Waals surface area (Å²) in [6.07, 6.45) is 14.8. The molecule has 0 saturated heterocycles. The standard InChI is InChI=1S/C28H40N2.Ni/c1-3-5-7-9-10-18-24-28(30-26-21-15-12-16-22-26)27(23-17-8-6-4-2)29-25-19-13-11-14-20-25;/h11-16,19-22H,3-10,17-18,23-24H2,1-2H3;/b29-27+,30-28+;. The number of hydrogen-bond acceptors (Lipinski definition) is 2. The van der Waals surface area contributed by atoms with E-state index in [2.05, 4.69) is 74.5 Å². The summed E-state index contributed by atoms with van der Waals surface area (Å²) in [4.78, 5) is 10.1. The molecule has 0 fully saturated rings. The Morgan fingerprint density at radius 3 is 1.29 bits per heavy atom. The second kappa shape index (κ2) is 17.9. The average molecular weight is 463 g/mol. The van der Waals surface area contributed by atoms with Crippen LogP contribution >= 0.6 is 0 Å². The van der Waals surface area contributed by atoms with Crippen LogP contribution in [0, 0.1) is 0 Å². The maximum atomic E-state index is 5.07. The van der Waals surface area contributed by atoms with Crippen molar-refractivity contribution in [3.63, 3.8) is 0 Å². The fourth-order valence-electron chi connectivity index (χ4n) is 3.64. The molecule has 2 rings (SSSR count). The molecule has 0 N–H and O–H groups in total. The van der Waals surface area contributed by atoms with Gasteiger partial charge in [-0.15, -0.1) is 0 Å². The van der Waals surface area contributed by atoms with Gasteiger partial charge in [0.1, 0.15) is 0 Å². The number of nitrogens with zero attached hydrogens (tertiary/aromatic N) is 2. The first-order chi connectivity index (χ1) is 14.8. The van der Waals surface area contributed by atoms with Gasteiger partial charge in [-0.05, 0) is 49.9 Å². The number of rotatable bonds is 15. The molecular weight excluding hydrogens is 423 g/mol. The average Bonchev–Trinajstić information content (AvgIpc) is 2.79. The molecule has 172 valence electrons. The van der Waals surface area contributed by atoms with Crippen molar-refractivity contribution in [2.75, 3.05) is 0 Å². The largest absolute Gasteiger partial charge is 0.252 e. The van der Waals surface area contributed by atoms with Gasteiger partial charge in [-0.25, -0.2) is 0 Å². The van der Waals surface area contributed by atoms with Crippen molar-refractivity contribution >= 4 is 22.8 Å². The van der Waals surface area contributed by atoms with Crippen LogP contribution in [0.4, 0.5) is 11.4 Å². The van der Waals surface area contributed by atoms with Crippen molar-refractivity contribution in [2.24, 2.45) is 9.98 Å². The summed E-state index contributed by atoms with van der Waals surface area (Å²) in [5, 5.41) is 0. The molecule has 0 aliphatic carbocycles. The molecule has 0 aromatic heterocycles. The van der Waals surface area contributed by atoms with E-state index in [0.29, 0.717) is 0 Å². The summed E-state index contributed by atoms with van der Waals surface area (Å²) in [6, 6.07) is 20.7. The number of para-hydroxylation sites is 2. The van der Waals surface area contributed by atoms with E-state index in [-0.39, 0.29) is 16.5 Å². The number of unbranched alkanes of at least 4 members (excludes halogenated alkanes) is 8. The molecule has 0 bridgehead atoms. The van der Waals surface area contributed by atoms with E-state index in [1.54, 1.807) is 0 Å². The summed E-state index contributed by atoms with van der Waals surface area (Å²) in [5.41, 5.74) is 4.42. The van der Waals surface area contributed by atoms with Gasteiger partial charge >= 0.3 is 0 Å². The third kappa shape index (κ3) is 12.0. The fourth-order valence-corrected chi connectivity index (χ4v) is 3.64. The molecule has 2 aromatic rings. The SMILES string of the molecule is CCCCCCCCC(=N\c1ccccc1)/C(CCCCCC)=N/c1ccccc1.[Ni]. The fraction of sp³-hybridized carbons (Fsp3) is 0.500. The minimum Gasteiger partial charge on any atom is -0.252 e. The van der Waals surface area contributed by atoms with Crippen molar-refractivity contribution in [1.29, 1.82) is 0 Å². The molecule has 0 amide bonds. The van der Waals surface area contributed by atoms with Gasteiger partial charge in [0.05, 0.1) is 22.8 Å². The van der Waals surface area contributed by atoms with E-state index >= 15 is 0 Å². The van der Waals surface area contributed by atoms with Crippen molar-refractivity contribution in [3.05, 3.63) is 60.7 Å². The van der Waals surface area contributed by atoms with Crippen LogP contribution in [0.1, 0.15) is 90.9 Å². The topological polar surface area (TPSA) is 24.7 Å². The van der Waals surface area contributed by atoms with Gasteiger partial charge in [-0.1, -0.05) is 102 Å². The van der Waals surface area contributed by atoms with Crippen LogP contribution in [0.2, 0.25) is 0 Å². The second-order valence-electron chi connectivity index (χ2n) is 8.12. The van der Waals surface area contributed by atoms with Gasteiger partial charge in [-0.2, -0.15) is 0 Å². The Labute approximate surface area is 200 Å². The normalized spacial score (nSPS) is 11.9. The third-order valence-electron chi connectivity index (χ3n) is 5.41. The first-order valence-electron chi connectivity index (χ1n) is 12.1. The predicted molar refractivity (Wildman–Crippen MR) is 134 cm³/mol. The number of benzene rings is 2. The molecule has 0 spiro atoms. The predicted octanol–water partition coefficient (Wildman–Crippen LogP) is 9.25. The van der Waals surface area contributed by atoms with E-state index in [4.69, 9.17) is 9.98 Å². The molecule has 0 unspecified atom stereocenters. The third-order valence-corrected chi connectivity index (χ3v) is 5.41. The molecule has 0 radical (unpaired) electrons. The maximum absolute atomic E-state index is 5.07. The van der Waals surface area contributed by atoms with Crippen LogP contribution in [0.3, 0.4) is 0 Å². The molecule has 2 nitrogen and oxygen atoms in total. The van der Waals surface area contributed by atoms with Crippen LogP contribution in [-0.4, -0.2) is 11.4 Å². The molecule has 0 aliphatic heterocycles. The van der Waals surface area contributed by atoms with Crippen molar-refractivity contribution in [1.82, 2.24) is 0 Å². The Balaban J connectivity index is 0.00000480. The molecular formula is C28H40N2Ni. The maximum Gasteiger partial charge on any atom is 0.0633 e. The van der Waals surface area contributed by atoms with Crippen LogP contribution in [0.5, 0.6) is 0 Å². The summed E-state index contributed by atoms with van der Waals surface area (Å²) < 4.78 is 0. The molecule has 0 aliphatic rings. The Hall–Kier alpha value is -1.73. The Kier molecular flexibility index (Phi) is 15.8. The monoisotopic (exact) mass is 462 g/mol. The van der Waals surface area contributed by atoms with Crippen molar-refractivity contribution < 1.29 is 16.5 Å². The van der Waals surface area contributed by atoms with E-state index < -0.39 is 0 Å². The van der Waals surface area contributed by atoms with Crippen molar-refractivity contribution in [3.8, 4) is 0 Å². The number of aliphatic imine (C=N–C) groups is 2. The van der Waals surface area contributed by atoms with Gasteiger partial charge in [0.25, 0.3) is 0 Å². The Bertz CT molecular complexity index is 738. The quantitative estimate of drug-likeness (QED) is 0.143. The second-order valence-corrected chi connectivity index (χ2v) is 8.12. The minimum absolute atomic E-state index is 0. The van der Waals surface area contributed by atoms with Crippen molar-refractivity contribution in [2.45, 2.75) is 90.9 Å². The zero-order valence-electron chi connectivity index (χ0n) is 19.5. The molecule has 0 saturated carbocycles. The number of hydrogen-bond donors (Lipinski definition) is 0. The minimum atomic E-state index is 0. The first kappa shape index (κ1) is 27.3. The van der Waals surface area contributed by atoms with Gasteiger partial charge in [0.2, 0.25) is 0 Å². The van der Waals surface area contributed by atoms with E-state index in [9.17, 15) is 0 Å². The van der Waals surface area contributed by atoms with Gasteiger partial charge < -0.3 is 0 Å². The summed E-state index contributed by atoms with van der Waals surface area (Å²) in [6.45, 7) is 4.54. The Morgan fingerprint density at radius 1 is 0.516 bits per heavy atom. The zero-order valence-corrected chi connectivity index (χ0v) is 20.5. The smallest absolute Gasteiger partial charge is 0.0633 e. The van der Waals surface area contributed by atoms with Crippen LogP contribution < -0.4 is 0 Å². The van der Waals surface area contributed by atoms with Crippen LogP contribution in [0.15, 0.2) is 70.6 Å². The molecule has 0 atom stereocenters. The first-order valence-corrected chi connectivity index (χ1v) is 12.1. The molecule has 31 heavy (non-hydrogen) atoms. The molecule has 2 aromatic carbocycles. The van der Waals surface area contributed by atoms with Gasteiger partial charge in [0, 0.05) is 16.5 Å². The summed E-state index contributed by atoms with van der Waals surface area (Å²) >= 11 is 0. The van der Waals surface area contributed by atoms with E-state index in [1.165, 1.54) is 75.6 Å². The summed E-state index contributed by atoms with van der Waals surface area (Å²) in [7, 11) is 0. The van der Waals surface area contributed by atoms with Crippen LogP contribution in [-0.2, 0) is 16.5 Å². The summed E-state index contributed by atoms with van der Waals surface area (Å²) in [5.74, 6) is 0. The Morgan fingerprint density at radius 2 is 0.871 bits per heavy atom. The molecule has 0 heterocycles. The van der Waals surface area contributed by atoms with Crippen LogP contribution in [0.25, 0.3) is 0 Å². The van der Waals surface area contributed by atoms with E-state index in [0.717, 1.165) is 24.2 Å². The zero-order chi connectivity index (χ0) is 21.3. The van der Waals surface area contributed by atoms with Gasteiger partial charge in [-0.3, -0.25) is 9.98 Å². The van der Waals surface area contributed by atoms with Gasteiger partial charge in [0.15, 0.2) is 0 Å². The molecule has 3 heteroatoms.